The zero-order valence-electron chi connectivity index (χ0n) is 17.2. The van der Waals surface area contributed by atoms with Crippen LogP contribution in [0.5, 0.6) is 11.5 Å². The standard InChI is InChI=1S/C23H29N3O3/c1-16(2)12-24-13-19(27)15-29-21-10-6-18(7-11-21)23-25-14-22(26-23)17-4-8-20(28-3)9-5-17/h4-11,14,16,19,24,27H,12-13,15H2,1-3H3,(H,25,26). The minimum Gasteiger partial charge on any atom is -0.497 e. The van der Waals surface area contributed by atoms with Crippen LogP contribution in [0.3, 0.4) is 0 Å². The van der Waals surface area contributed by atoms with E-state index in [0.29, 0.717) is 12.5 Å². The summed E-state index contributed by atoms with van der Waals surface area (Å²) in [6.07, 6.45) is 1.28. The third kappa shape index (κ3) is 6.07. The Morgan fingerprint density at radius 1 is 0.966 bits per heavy atom. The molecule has 0 aliphatic heterocycles. The van der Waals surface area contributed by atoms with Crippen molar-refractivity contribution in [1.29, 1.82) is 0 Å². The molecule has 0 fully saturated rings. The highest BCUT2D eigenvalue weighted by Gasteiger charge is 2.08. The summed E-state index contributed by atoms with van der Waals surface area (Å²) in [7, 11) is 1.65. The molecule has 6 heteroatoms. The van der Waals surface area contributed by atoms with Crippen LogP contribution in [-0.4, -0.2) is 48.0 Å². The fraction of sp³-hybridized carbons (Fsp3) is 0.348. The van der Waals surface area contributed by atoms with Crippen molar-refractivity contribution in [2.75, 3.05) is 26.8 Å². The summed E-state index contributed by atoms with van der Waals surface area (Å²) in [5.41, 5.74) is 2.96. The first kappa shape index (κ1) is 20.9. The molecule has 3 N–H and O–H groups in total. The Kier molecular flexibility index (Phi) is 7.27. The Bertz CT molecular complexity index is 873. The summed E-state index contributed by atoms with van der Waals surface area (Å²) in [5.74, 6) is 2.89. The van der Waals surface area contributed by atoms with Gasteiger partial charge in [0.25, 0.3) is 0 Å². The molecular formula is C23H29N3O3. The van der Waals surface area contributed by atoms with Crippen LogP contribution in [0.4, 0.5) is 0 Å². The van der Waals surface area contributed by atoms with Gasteiger partial charge in [0.05, 0.1) is 19.0 Å². The number of ether oxygens (including phenoxy) is 2. The van der Waals surface area contributed by atoms with Crippen molar-refractivity contribution in [2.45, 2.75) is 20.0 Å². The molecule has 0 amide bonds. The summed E-state index contributed by atoms with van der Waals surface area (Å²) in [6.45, 7) is 5.93. The summed E-state index contributed by atoms with van der Waals surface area (Å²) >= 11 is 0. The number of aliphatic hydroxyl groups is 1. The third-order valence-electron chi connectivity index (χ3n) is 4.48. The van der Waals surface area contributed by atoms with Crippen LogP contribution in [0.25, 0.3) is 22.6 Å². The van der Waals surface area contributed by atoms with Crippen LogP contribution in [0.2, 0.25) is 0 Å². The van der Waals surface area contributed by atoms with Gasteiger partial charge in [-0.15, -0.1) is 0 Å². The van der Waals surface area contributed by atoms with E-state index in [0.717, 1.165) is 40.7 Å². The number of hydrogen-bond donors (Lipinski definition) is 3. The number of H-pyrrole nitrogens is 1. The molecule has 29 heavy (non-hydrogen) atoms. The molecule has 0 saturated carbocycles. The number of aromatic amines is 1. The molecule has 3 aromatic rings. The maximum atomic E-state index is 9.99. The molecule has 0 spiro atoms. The molecule has 2 aromatic carbocycles. The number of nitrogens with one attached hydrogen (secondary N) is 2. The molecule has 0 radical (unpaired) electrons. The molecule has 0 aliphatic rings. The second kappa shape index (κ2) is 10.1. The van der Waals surface area contributed by atoms with E-state index in [9.17, 15) is 5.11 Å². The quantitative estimate of drug-likeness (QED) is 0.487. The molecule has 0 aliphatic carbocycles. The monoisotopic (exact) mass is 395 g/mol. The van der Waals surface area contributed by atoms with Gasteiger partial charge >= 0.3 is 0 Å². The SMILES string of the molecule is COc1ccc(-c2cnc(-c3ccc(OCC(O)CNCC(C)C)cc3)[nH]2)cc1. The van der Waals surface area contributed by atoms with Crippen molar-refractivity contribution in [3.8, 4) is 34.1 Å². The van der Waals surface area contributed by atoms with Crippen molar-refractivity contribution in [3.05, 3.63) is 54.7 Å². The first-order valence-corrected chi connectivity index (χ1v) is 9.86. The second-order valence-corrected chi connectivity index (χ2v) is 7.42. The molecule has 154 valence electrons. The second-order valence-electron chi connectivity index (χ2n) is 7.42. The largest absolute Gasteiger partial charge is 0.497 e. The number of imidazole rings is 1. The molecule has 0 bridgehead atoms. The third-order valence-corrected chi connectivity index (χ3v) is 4.48. The van der Waals surface area contributed by atoms with Crippen LogP contribution in [-0.2, 0) is 0 Å². The first-order valence-electron chi connectivity index (χ1n) is 9.86. The summed E-state index contributed by atoms with van der Waals surface area (Å²) in [6, 6.07) is 15.5. The molecule has 1 aromatic heterocycles. The highest BCUT2D eigenvalue weighted by molar-refractivity contribution is 5.65. The maximum Gasteiger partial charge on any atom is 0.137 e. The van der Waals surface area contributed by atoms with E-state index in [1.807, 2.05) is 54.7 Å². The van der Waals surface area contributed by atoms with E-state index >= 15 is 0 Å². The Balaban J connectivity index is 1.55. The van der Waals surface area contributed by atoms with Gasteiger partial charge in [-0.1, -0.05) is 13.8 Å². The Labute approximate surface area is 171 Å². The van der Waals surface area contributed by atoms with Crippen molar-refractivity contribution in [1.82, 2.24) is 15.3 Å². The predicted molar refractivity (Wildman–Crippen MR) is 115 cm³/mol. The lowest BCUT2D eigenvalue weighted by Crippen LogP contribution is -2.33. The maximum absolute atomic E-state index is 9.99. The van der Waals surface area contributed by atoms with Crippen LogP contribution < -0.4 is 14.8 Å². The Morgan fingerprint density at radius 2 is 1.62 bits per heavy atom. The summed E-state index contributed by atoms with van der Waals surface area (Å²) < 4.78 is 10.9. The number of aliphatic hydroxyl groups excluding tert-OH is 1. The summed E-state index contributed by atoms with van der Waals surface area (Å²) in [4.78, 5) is 7.83. The number of benzene rings is 2. The highest BCUT2D eigenvalue weighted by Crippen LogP contribution is 2.25. The smallest absolute Gasteiger partial charge is 0.137 e. The lowest BCUT2D eigenvalue weighted by molar-refractivity contribution is 0.106. The van der Waals surface area contributed by atoms with Crippen LogP contribution in [0.15, 0.2) is 54.7 Å². The number of nitrogens with zero attached hydrogens (tertiary/aromatic N) is 1. The zero-order valence-corrected chi connectivity index (χ0v) is 17.2. The lowest BCUT2D eigenvalue weighted by atomic mass is 10.1. The fourth-order valence-corrected chi connectivity index (χ4v) is 2.88. The van der Waals surface area contributed by atoms with E-state index in [2.05, 4.69) is 29.1 Å². The van der Waals surface area contributed by atoms with Gasteiger partial charge in [-0.3, -0.25) is 0 Å². The lowest BCUT2D eigenvalue weighted by Gasteiger charge is -2.14. The van der Waals surface area contributed by atoms with Crippen LogP contribution >= 0.6 is 0 Å². The molecule has 1 heterocycles. The normalized spacial score (nSPS) is 12.2. The van der Waals surface area contributed by atoms with Crippen molar-refractivity contribution < 1.29 is 14.6 Å². The van der Waals surface area contributed by atoms with Crippen molar-refractivity contribution in [3.63, 3.8) is 0 Å². The number of aromatic nitrogens is 2. The Morgan fingerprint density at radius 3 is 2.28 bits per heavy atom. The highest BCUT2D eigenvalue weighted by atomic mass is 16.5. The molecule has 3 rings (SSSR count). The van der Waals surface area contributed by atoms with Gasteiger partial charge in [-0.2, -0.15) is 0 Å². The molecular weight excluding hydrogens is 366 g/mol. The van der Waals surface area contributed by atoms with E-state index in [4.69, 9.17) is 9.47 Å². The van der Waals surface area contributed by atoms with Crippen molar-refractivity contribution >= 4 is 0 Å². The van der Waals surface area contributed by atoms with Gasteiger partial charge in [0.2, 0.25) is 0 Å². The van der Waals surface area contributed by atoms with E-state index in [1.165, 1.54) is 0 Å². The zero-order chi connectivity index (χ0) is 20.6. The molecule has 6 nitrogen and oxygen atoms in total. The number of hydrogen-bond acceptors (Lipinski definition) is 5. The van der Waals surface area contributed by atoms with Crippen LogP contribution in [0, 0.1) is 5.92 Å². The minimum atomic E-state index is -0.537. The summed E-state index contributed by atoms with van der Waals surface area (Å²) in [5, 5.41) is 13.2. The van der Waals surface area contributed by atoms with Gasteiger partial charge in [0.1, 0.15) is 30.0 Å². The van der Waals surface area contributed by atoms with Gasteiger partial charge in [0, 0.05) is 12.1 Å². The van der Waals surface area contributed by atoms with Crippen LogP contribution in [0.1, 0.15) is 13.8 Å². The van der Waals surface area contributed by atoms with E-state index < -0.39 is 6.10 Å². The molecule has 1 atom stereocenters. The number of rotatable bonds is 10. The molecule has 1 unspecified atom stereocenters. The van der Waals surface area contributed by atoms with E-state index in [-0.39, 0.29) is 6.61 Å². The van der Waals surface area contributed by atoms with Gasteiger partial charge < -0.3 is 24.9 Å². The topological polar surface area (TPSA) is 79.4 Å². The van der Waals surface area contributed by atoms with Gasteiger partial charge in [-0.05, 0) is 66.6 Å². The number of methoxy groups -OCH3 is 1. The molecule has 0 saturated heterocycles. The predicted octanol–water partition coefficient (Wildman–Crippen LogP) is 3.74. The average molecular weight is 396 g/mol. The fourth-order valence-electron chi connectivity index (χ4n) is 2.88. The first-order chi connectivity index (χ1) is 14.0. The average Bonchev–Trinajstić information content (AvgIpc) is 3.23. The van der Waals surface area contributed by atoms with E-state index in [1.54, 1.807) is 7.11 Å². The minimum absolute atomic E-state index is 0.257. The van der Waals surface area contributed by atoms with Crippen molar-refractivity contribution in [2.24, 2.45) is 5.92 Å². The Hall–Kier alpha value is -2.83. The van der Waals surface area contributed by atoms with Gasteiger partial charge in [0.15, 0.2) is 0 Å². The van der Waals surface area contributed by atoms with Gasteiger partial charge in [-0.25, -0.2) is 4.98 Å².